The third-order valence-corrected chi connectivity index (χ3v) is 4.45. The molecule has 0 aliphatic carbocycles. The van der Waals surface area contributed by atoms with Gasteiger partial charge in [-0.1, -0.05) is 22.2 Å². The van der Waals surface area contributed by atoms with Crippen LogP contribution in [-0.4, -0.2) is 27.7 Å². The molecule has 0 atom stereocenters. The van der Waals surface area contributed by atoms with Crippen molar-refractivity contribution in [3.63, 3.8) is 0 Å². The molecule has 3 aromatic rings. The Balaban J connectivity index is 1.58. The third-order valence-electron chi connectivity index (χ3n) is 3.39. The van der Waals surface area contributed by atoms with Crippen molar-refractivity contribution in [3.05, 3.63) is 75.3 Å². The van der Waals surface area contributed by atoms with Crippen LogP contribution in [0.25, 0.3) is 0 Å². The molecule has 0 radical (unpaired) electrons. The fraction of sp³-hybridized carbons (Fsp3) is 0.0556. The van der Waals surface area contributed by atoms with Gasteiger partial charge >= 0.3 is 5.97 Å². The monoisotopic (exact) mass is 400 g/mol. The van der Waals surface area contributed by atoms with Crippen LogP contribution in [0.2, 0.25) is 5.02 Å². The molecule has 0 bridgehead atoms. The normalized spacial score (nSPS) is 10.7. The Labute approximate surface area is 163 Å². The Bertz CT molecular complexity index is 1000. The molecule has 1 N–H and O–H groups in total. The van der Waals surface area contributed by atoms with Crippen LogP contribution in [-0.2, 0) is 0 Å². The SMILES string of the molecule is Cc1nnsc1C(=O)N/N=C/c1ccc(OC(=O)c2cccc(Cl)c2)cc1. The smallest absolute Gasteiger partial charge is 0.343 e. The van der Waals surface area contributed by atoms with Gasteiger partial charge in [-0.15, -0.1) is 5.10 Å². The molecule has 136 valence electrons. The number of esters is 1. The van der Waals surface area contributed by atoms with E-state index < -0.39 is 5.97 Å². The average molecular weight is 401 g/mol. The van der Waals surface area contributed by atoms with E-state index in [1.807, 2.05) is 0 Å². The molecular weight excluding hydrogens is 388 g/mol. The lowest BCUT2D eigenvalue weighted by molar-refractivity contribution is 0.0734. The predicted octanol–water partition coefficient (Wildman–Crippen LogP) is 3.48. The number of carbonyl (C=O) groups is 2. The molecule has 0 saturated heterocycles. The number of nitrogens with one attached hydrogen (secondary N) is 1. The maximum absolute atomic E-state index is 12.1. The van der Waals surface area contributed by atoms with Crippen molar-refractivity contribution < 1.29 is 14.3 Å². The maximum atomic E-state index is 12.1. The van der Waals surface area contributed by atoms with Crippen LogP contribution >= 0.6 is 23.1 Å². The number of rotatable bonds is 5. The highest BCUT2D eigenvalue weighted by Gasteiger charge is 2.12. The largest absolute Gasteiger partial charge is 0.423 e. The fourth-order valence-electron chi connectivity index (χ4n) is 2.06. The van der Waals surface area contributed by atoms with Crippen LogP contribution in [0.15, 0.2) is 53.6 Å². The number of hydrogen-bond acceptors (Lipinski definition) is 7. The van der Waals surface area contributed by atoms with E-state index in [2.05, 4.69) is 20.1 Å². The van der Waals surface area contributed by atoms with Crippen LogP contribution in [0.5, 0.6) is 5.75 Å². The first kappa shape index (κ1) is 18.7. The lowest BCUT2D eigenvalue weighted by Crippen LogP contribution is -2.17. The van der Waals surface area contributed by atoms with Crippen molar-refractivity contribution in [2.24, 2.45) is 5.10 Å². The van der Waals surface area contributed by atoms with E-state index in [0.717, 1.165) is 17.1 Å². The van der Waals surface area contributed by atoms with Gasteiger partial charge in [0.15, 0.2) is 0 Å². The molecule has 0 unspecified atom stereocenters. The number of ether oxygens (including phenoxy) is 1. The summed E-state index contributed by atoms with van der Waals surface area (Å²) >= 11 is 6.87. The molecule has 1 aromatic heterocycles. The zero-order valence-electron chi connectivity index (χ0n) is 14.0. The summed E-state index contributed by atoms with van der Waals surface area (Å²) in [5.74, 6) is -0.488. The van der Waals surface area contributed by atoms with E-state index in [1.165, 1.54) is 12.3 Å². The van der Waals surface area contributed by atoms with Gasteiger partial charge in [0, 0.05) is 5.02 Å². The van der Waals surface area contributed by atoms with Crippen LogP contribution in [0.1, 0.15) is 31.3 Å². The summed E-state index contributed by atoms with van der Waals surface area (Å²) in [6, 6.07) is 13.2. The van der Waals surface area contributed by atoms with Crippen molar-refractivity contribution in [1.82, 2.24) is 15.0 Å². The van der Waals surface area contributed by atoms with Gasteiger partial charge in [-0.25, -0.2) is 10.2 Å². The van der Waals surface area contributed by atoms with Gasteiger partial charge in [-0.2, -0.15) is 5.10 Å². The molecule has 0 fully saturated rings. The highest BCUT2D eigenvalue weighted by atomic mass is 35.5. The lowest BCUT2D eigenvalue weighted by atomic mass is 10.2. The first-order valence-electron chi connectivity index (χ1n) is 7.73. The molecule has 1 amide bonds. The van der Waals surface area contributed by atoms with E-state index in [9.17, 15) is 9.59 Å². The van der Waals surface area contributed by atoms with Gasteiger partial charge in [0.05, 0.1) is 17.5 Å². The zero-order chi connectivity index (χ0) is 19.2. The van der Waals surface area contributed by atoms with Crippen LogP contribution in [0, 0.1) is 6.92 Å². The molecule has 3 rings (SSSR count). The molecule has 0 aliphatic heterocycles. The molecule has 1 heterocycles. The van der Waals surface area contributed by atoms with Crippen LogP contribution in [0.4, 0.5) is 0 Å². The van der Waals surface area contributed by atoms with Crippen molar-refractivity contribution in [1.29, 1.82) is 0 Å². The second-order valence-corrected chi connectivity index (χ2v) is 6.55. The number of carbonyl (C=O) groups excluding carboxylic acids is 2. The lowest BCUT2D eigenvalue weighted by Gasteiger charge is -2.05. The van der Waals surface area contributed by atoms with Crippen LogP contribution < -0.4 is 10.2 Å². The van der Waals surface area contributed by atoms with Gasteiger partial charge in [-0.05, 0) is 66.5 Å². The number of nitrogens with zero attached hydrogens (tertiary/aromatic N) is 3. The highest BCUT2D eigenvalue weighted by molar-refractivity contribution is 7.07. The fourth-order valence-corrected chi connectivity index (χ4v) is 2.80. The Kier molecular flexibility index (Phi) is 5.90. The van der Waals surface area contributed by atoms with Gasteiger partial charge in [-0.3, -0.25) is 4.79 Å². The second kappa shape index (κ2) is 8.52. The third kappa shape index (κ3) is 4.96. The van der Waals surface area contributed by atoms with Crippen molar-refractivity contribution in [2.45, 2.75) is 6.92 Å². The summed E-state index contributed by atoms with van der Waals surface area (Å²) in [6.45, 7) is 1.70. The number of amides is 1. The molecule has 0 spiro atoms. The Morgan fingerprint density at radius 3 is 2.67 bits per heavy atom. The average Bonchev–Trinajstić information content (AvgIpc) is 3.09. The van der Waals surface area contributed by atoms with Gasteiger partial charge < -0.3 is 4.74 Å². The number of halogens is 1. The van der Waals surface area contributed by atoms with Gasteiger partial charge in [0.25, 0.3) is 5.91 Å². The summed E-state index contributed by atoms with van der Waals surface area (Å²) in [7, 11) is 0. The summed E-state index contributed by atoms with van der Waals surface area (Å²) in [6.07, 6.45) is 1.48. The van der Waals surface area contributed by atoms with Crippen molar-refractivity contribution in [3.8, 4) is 5.75 Å². The predicted molar refractivity (Wildman–Crippen MR) is 103 cm³/mol. The second-order valence-electron chi connectivity index (χ2n) is 5.36. The quantitative estimate of drug-likeness (QED) is 0.306. The maximum Gasteiger partial charge on any atom is 0.343 e. The van der Waals surface area contributed by atoms with E-state index in [4.69, 9.17) is 16.3 Å². The summed E-state index contributed by atoms with van der Waals surface area (Å²) < 4.78 is 8.99. The molecule has 9 heteroatoms. The highest BCUT2D eigenvalue weighted by Crippen LogP contribution is 2.16. The molecule has 0 aliphatic rings. The Morgan fingerprint density at radius 1 is 1.22 bits per heavy atom. The number of aryl methyl sites for hydroxylation is 1. The Hall–Kier alpha value is -3.10. The minimum absolute atomic E-state index is 0.365. The standard InChI is InChI=1S/C18H13ClN4O3S/c1-11-16(27-23-21-11)17(24)22-20-10-12-5-7-15(8-6-12)26-18(25)13-3-2-4-14(19)9-13/h2-10H,1H3,(H,22,24)/b20-10+. The molecule has 27 heavy (non-hydrogen) atoms. The number of hydrazone groups is 1. The molecule has 0 saturated carbocycles. The van der Waals surface area contributed by atoms with Crippen molar-refractivity contribution >= 4 is 41.2 Å². The van der Waals surface area contributed by atoms with Crippen LogP contribution in [0.3, 0.4) is 0 Å². The zero-order valence-corrected chi connectivity index (χ0v) is 15.6. The van der Waals surface area contributed by atoms with Gasteiger partial charge in [0.1, 0.15) is 10.6 Å². The molecular formula is C18H13ClN4O3S. The summed E-state index contributed by atoms with van der Waals surface area (Å²) in [4.78, 5) is 24.4. The van der Waals surface area contributed by atoms with E-state index in [-0.39, 0.29) is 5.91 Å². The number of hydrogen-bond donors (Lipinski definition) is 1. The van der Waals surface area contributed by atoms with E-state index in [0.29, 0.717) is 26.9 Å². The molecule has 2 aromatic carbocycles. The Morgan fingerprint density at radius 2 is 2.00 bits per heavy atom. The minimum atomic E-state index is -0.500. The van der Waals surface area contributed by atoms with E-state index in [1.54, 1.807) is 49.4 Å². The van der Waals surface area contributed by atoms with Crippen molar-refractivity contribution in [2.75, 3.05) is 0 Å². The first-order chi connectivity index (χ1) is 13.0. The summed E-state index contributed by atoms with van der Waals surface area (Å²) in [5.41, 5.74) is 4.05. The first-order valence-corrected chi connectivity index (χ1v) is 8.88. The molecule has 7 nitrogen and oxygen atoms in total. The van der Waals surface area contributed by atoms with E-state index >= 15 is 0 Å². The number of benzene rings is 2. The summed E-state index contributed by atoms with van der Waals surface area (Å²) in [5, 5.41) is 8.12. The minimum Gasteiger partial charge on any atom is -0.423 e. The van der Waals surface area contributed by atoms with Gasteiger partial charge in [0.2, 0.25) is 0 Å². The topological polar surface area (TPSA) is 93.5 Å². The number of aromatic nitrogens is 2.